The summed E-state index contributed by atoms with van der Waals surface area (Å²) in [7, 11) is -0.620. The molecule has 2 aromatic carbocycles. The van der Waals surface area contributed by atoms with E-state index in [2.05, 4.69) is 0 Å². The first kappa shape index (κ1) is 32.5. The number of piperidine rings is 1. The summed E-state index contributed by atoms with van der Waals surface area (Å²) in [6, 6.07) is 10.5. The predicted molar refractivity (Wildman–Crippen MR) is 176 cm³/mol. The Morgan fingerprint density at radius 1 is 1.07 bits per heavy atom. The molecule has 2 aliphatic heterocycles. The first-order valence-corrected chi connectivity index (χ1v) is 15.7. The van der Waals surface area contributed by atoms with Crippen LogP contribution in [-0.2, 0) is 14.0 Å². The standard InChI is InChI=1S/C33H40BCl2N3O5/c1-20-16-23(35)17-21-13-14-37-28(27(20)21)39(24-10-9-15-38(19-24)30(41)42-31(2,3)4)29(40)25-12-11-22(18-26(25)36)34-43-32(5,6)33(7,8)44-34/h11-14,16-18,24H,9-10,15,19H2,1-8H3/t24-/m1/s1. The number of hydrogen-bond acceptors (Lipinski definition) is 6. The zero-order valence-corrected chi connectivity index (χ0v) is 28.2. The van der Waals surface area contributed by atoms with Gasteiger partial charge in [-0.05, 0) is 115 Å². The Morgan fingerprint density at radius 2 is 1.75 bits per heavy atom. The minimum atomic E-state index is -0.639. The van der Waals surface area contributed by atoms with Crippen molar-refractivity contribution in [2.75, 3.05) is 18.0 Å². The molecule has 0 saturated carbocycles. The molecule has 2 amide bonds. The third-order valence-electron chi connectivity index (χ3n) is 8.61. The van der Waals surface area contributed by atoms with E-state index in [4.69, 9.17) is 42.2 Å². The van der Waals surface area contributed by atoms with Crippen molar-refractivity contribution in [3.8, 4) is 0 Å². The molecule has 44 heavy (non-hydrogen) atoms. The van der Waals surface area contributed by atoms with E-state index in [1.165, 1.54) is 0 Å². The molecule has 0 radical (unpaired) electrons. The summed E-state index contributed by atoms with van der Waals surface area (Å²) in [5.74, 6) is 0.171. The number of anilines is 1. The minimum absolute atomic E-state index is 0.270. The molecule has 2 fully saturated rings. The highest BCUT2D eigenvalue weighted by Crippen LogP contribution is 2.38. The van der Waals surface area contributed by atoms with Gasteiger partial charge in [-0.1, -0.05) is 29.3 Å². The second-order valence-electron chi connectivity index (χ2n) is 13.7. The number of likely N-dealkylation sites (tertiary alicyclic amines) is 1. The van der Waals surface area contributed by atoms with E-state index in [0.29, 0.717) is 35.8 Å². The van der Waals surface area contributed by atoms with Crippen molar-refractivity contribution < 1.29 is 23.6 Å². The van der Waals surface area contributed by atoms with E-state index in [9.17, 15) is 9.59 Å². The van der Waals surface area contributed by atoms with E-state index in [1.54, 1.807) is 28.1 Å². The number of aryl methyl sites for hydroxylation is 1. The van der Waals surface area contributed by atoms with E-state index >= 15 is 0 Å². The molecule has 11 heteroatoms. The number of pyridine rings is 1. The lowest BCUT2D eigenvalue weighted by molar-refractivity contribution is 0.00578. The number of halogens is 2. The van der Waals surface area contributed by atoms with E-state index in [1.807, 2.05) is 79.7 Å². The third kappa shape index (κ3) is 6.43. The average molecular weight is 640 g/mol. The van der Waals surface area contributed by atoms with Crippen LogP contribution < -0.4 is 10.4 Å². The van der Waals surface area contributed by atoms with Crippen LogP contribution >= 0.6 is 23.2 Å². The molecule has 2 aliphatic rings. The number of fused-ring (bicyclic) bond motifs is 1. The molecule has 1 aromatic heterocycles. The number of hydrogen-bond donors (Lipinski definition) is 0. The molecule has 5 rings (SSSR count). The van der Waals surface area contributed by atoms with Gasteiger partial charge in [-0.3, -0.25) is 9.69 Å². The van der Waals surface area contributed by atoms with Crippen LogP contribution in [0.2, 0.25) is 10.0 Å². The van der Waals surface area contributed by atoms with Gasteiger partial charge < -0.3 is 18.9 Å². The van der Waals surface area contributed by atoms with Gasteiger partial charge in [-0.15, -0.1) is 0 Å². The van der Waals surface area contributed by atoms with Crippen LogP contribution in [0.3, 0.4) is 0 Å². The molecular formula is C33H40BCl2N3O5. The molecule has 0 N–H and O–H groups in total. The second-order valence-corrected chi connectivity index (χ2v) is 14.5. The number of aromatic nitrogens is 1. The quantitative estimate of drug-likeness (QED) is 0.281. The minimum Gasteiger partial charge on any atom is -0.444 e. The smallest absolute Gasteiger partial charge is 0.444 e. The Labute approximate surface area is 270 Å². The molecule has 234 valence electrons. The molecule has 0 bridgehead atoms. The highest BCUT2D eigenvalue weighted by atomic mass is 35.5. The molecule has 3 heterocycles. The fourth-order valence-corrected chi connectivity index (χ4v) is 6.25. The van der Waals surface area contributed by atoms with Crippen molar-refractivity contribution in [3.63, 3.8) is 0 Å². The highest BCUT2D eigenvalue weighted by Gasteiger charge is 2.52. The van der Waals surface area contributed by atoms with Gasteiger partial charge in [0.25, 0.3) is 5.91 Å². The van der Waals surface area contributed by atoms with Crippen LogP contribution in [0, 0.1) is 6.92 Å². The number of ether oxygens (including phenoxy) is 1. The lowest BCUT2D eigenvalue weighted by Crippen LogP contribution is -2.53. The van der Waals surface area contributed by atoms with Crippen molar-refractivity contribution in [1.82, 2.24) is 9.88 Å². The Bertz CT molecular complexity index is 1590. The van der Waals surface area contributed by atoms with E-state index in [0.717, 1.165) is 21.8 Å². The van der Waals surface area contributed by atoms with Crippen molar-refractivity contribution in [1.29, 1.82) is 0 Å². The third-order valence-corrected chi connectivity index (χ3v) is 9.15. The van der Waals surface area contributed by atoms with Gasteiger partial charge in [0.2, 0.25) is 0 Å². The number of benzene rings is 2. The second kappa shape index (κ2) is 11.8. The average Bonchev–Trinajstić information content (AvgIpc) is 3.14. The summed E-state index contributed by atoms with van der Waals surface area (Å²) in [5.41, 5.74) is 0.245. The molecule has 2 saturated heterocycles. The largest absolute Gasteiger partial charge is 0.494 e. The topological polar surface area (TPSA) is 81.2 Å². The summed E-state index contributed by atoms with van der Waals surface area (Å²) >= 11 is 13.3. The van der Waals surface area contributed by atoms with Gasteiger partial charge in [0, 0.05) is 29.7 Å². The first-order valence-electron chi connectivity index (χ1n) is 15.0. The van der Waals surface area contributed by atoms with Crippen LogP contribution in [0.25, 0.3) is 10.8 Å². The lowest BCUT2D eigenvalue weighted by atomic mass is 9.79. The Hall–Kier alpha value is -2.85. The van der Waals surface area contributed by atoms with Gasteiger partial charge in [-0.25, -0.2) is 9.78 Å². The molecular weight excluding hydrogens is 600 g/mol. The maximum Gasteiger partial charge on any atom is 0.494 e. The van der Waals surface area contributed by atoms with Crippen molar-refractivity contribution in [2.45, 2.75) is 91.1 Å². The van der Waals surface area contributed by atoms with Gasteiger partial charge in [-0.2, -0.15) is 0 Å². The summed E-state index contributed by atoms with van der Waals surface area (Å²) in [5, 5.41) is 2.54. The highest BCUT2D eigenvalue weighted by molar-refractivity contribution is 6.62. The zero-order chi connectivity index (χ0) is 32.2. The van der Waals surface area contributed by atoms with Gasteiger partial charge in [0.1, 0.15) is 11.4 Å². The number of nitrogens with zero attached hydrogens (tertiary/aromatic N) is 3. The van der Waals surface area contributed by atoms with Crippen LogP contribution in [0.1, 0.15) is 77.2 Å². The summed E-state index contributed by atoms with van der Waals surface area (Å²) < 4.78 is 18.1. The Morgan fingerprint density at radius 3 is 2.39 bits per heavy atom. The van der Waals surface area contributed by atoms with E-state index in [-0.39, 0.29) is 23.5 Å². The van der Waals surface area contributed by atoms with Crippen LogP contribution in [0.15, 0.2) is 42.6 Å². The predicted octanol–water partition coefficient (Wildman–Crippen LogP) is 7.20. The van der Waals surface area contributed by atoms with Crippen LogP contribution in [0.5, 0.6) is 0 Å². The van der Waals surface area contributed by atoms with Crippen LogP contribution in [-0.4, -0.2) is 64.9 Å². The van der Waals surface area contributed by atoms with E-state index < -0.39 is 30.0 Å². The van der Waals surface area contributed by atoms with Crippen LogP contribution in [0.4, 0.5) is 10.6 Å². The number of amides is 2. The summed E-state index contributed by atoms with van der Waals surface area (Å²) in [6.45, 7) is 16.2. The molecule has 0 aliphatic carbocycles. The van der Waals surface area contributed by atoms with Crippen molar-refractivity contribution in [2.24, 2.45) is 0 Å². The maximum atomic E-state index is 14.6. The maximum absolute atomic E-state index is 14.6. The van der Waals surface area contributed by atoms with Crippen molar-refractivity contribution >= 4 is 64.4 Å². The summed E-state index contributed by atoms with van der Waals surface area (Å²) in [6.07, 6.45) is 2.62. The molecule has 0 unspecified atom stereocenters. The number of carbonyl (C=O) groups is 2. The van der Waals surface area contributed by atoms with Gasteiger partial charge >= 0.3 is 13.2 Å². The Balaban J connectivity index is 1.55. The fraction of sp³-hybridized carbons (Fsp3) is 0.485. The van der Waals surface area contributed by atoms with Crippen molar-refractivity contribution in [3.05, 3.63) is 63.8 Å². The molecule has 0 spiro atoms. The summed E-state index contributed by atoms with van der Waals surface area (Å²) in [4.78, 5) is 35.8. The SMILES string of the molecule is Cc1cc(Cl)cc2ccnc(N(C(=O)c3ccc(B4OC(C)(C)C(C)(C)O4)cc3Cl)[C@@H]3CCCN(C(=O)OC(C)(C)C)C3)c12. The lowest BCUT2D eigenvalue weighted by Gasteiger charge is -2.39. The molecule has 3 aromatic rings. The molecule has 8 nitrogen and oxygen atoms in total. The van der Waals surface area contributed by atoms with Gasteiger partial charge in [0.05, 0.1) is 27.8 Å². The normalized spacial score (nSPS) is 19.7. The number of carbonyl (C=O) groups excluding carboxylic acids is 2. The molecule has 1 atom stereocenters. The Kier molecular flexibility index (Phi) is 8.75. The zero-order valence-electron chi connectivity index (χ0n) is 26.7. The number of rotatable bonds is 4. The first-order chi connectivity index (χ1) is 20.5. The van der Waals surface area contributed by atoms with Gasteiger partial charge in [0.15, 0.2) is 0 Å². The monoisotopic (exact) mass is 639 g/mol. The fourth-order valence-electron chi connectivity index (χ4n) is 5.69.